The molecule has 4 aromatic carbocycles. The fourth-order valence-electron chi connectivity index (χ4n) is 7.41. The number of nitrogens with zero attached hydrogens (tertiary/aromatic N) is 4. The third-order valence-corrected chi connectivity index (χ3v) is 10.4. The fraction of sp³-hybridized carbons (Fsp3) is 0.319. The van der Waals surface area contributed by atoms with Gasteiger partial charge in [0, 0.05) is 6.20 Å². The normalized spacial score (nSPS) is 12.7. The Kier molecular flexibility index (Phi) is 9.69. The first-order valence-electron chi connectivity index (χ1n) is 18.3. The Morgan fingerprint density at radius 1 is 0.660 bits per heavy atom. The molecule has 0 unspecified atom stereocenters. The maximum atomic E-state index is 11.9. The quantitative estimate of drug-likeness (QED) is 0.138. The van der Waals surface area contributed by atoms with Crippen LogP contribution in [0.3, 0.4) is 0 Å². The van der Waals surface area contributed by atoms with E-state index >= 15 is 0 Å². The molecule has 0 amide bonds. The molecule has 53 heavy (non-hydrogen) atoms. The third kappa shape index (κ3) is 6.78. The third-order valence-electron chi connectivity index (χ3n) is 10.4. The van der Waals surface area contributed by atoms with Crippen molar-refractivity contribution in [3.63, 3.8) is 0 Å². The molecule has 7 aromatic rings. The topological polar surface area (TPSA) is 46.9 Å². The predicted molar refractivity (Wildman–Crippen MR) is 214 cm³/mol. The van der Waals surface area contributed by atoms with Crippen molar-refractivity contribution < 1.29 is 30.7 Å². The standard InChI is InChI=1S/C47H51N4O.Pt/c1-44(2,3)32-27-37(46(7,8)9)43(52)42(28-32)49-30-51(41-23-17-16-22-40(41)49)47(10,11)50-29-35(34-19-13-15-21-39(34)50)38-26-31(24-25-48-38)33-18-12-14-20-36(33)45(4,5)6;/h12-28,52H,1-11H3;/q-1;+2. The van der Waals surface area contributed by atoms with Crippen molar-refractivity contribution in [2.75, 3.05) is 0 Å². The van der Waals surface area contributed by atoms with Gasteiger partial charge in [0.15, 0.2) is 0 Å². The molecule has 274 valence electrons. The Morgan fingerprint density at radius 3 is 1.96 bits per heavy atom. The first-order valence-corrected chi connectivity index (χ1v) is 18.3. The summed E-state index contributed by atoms with van der Waals surface area (Å²) in [5, 5.41) is 13.0. The zero-order chi connectivity index (χ0) is 37.4. The van der Waals surface area contributed by atoms with E-state index < -0.39 is 5.66 Å². The summed E-state index contributed by atoms with van der Waals surface area (Å²) < 4.78 is 6.42. The number of phenolic OH excluding ortho intramolecular Hbond substituents is 1. The van der Waals surface area contributed by atoms with E-state index in [0.717, 1.165) is 55.6 Å². The zero-order valence-electron chi connectivity index (χ0n) is 32.9. The Balaban J connectivity index is 0.00000481. The number of imidazole rings is 1. The molecule has 0 saturated carbocycles. The van der Waals surface area contributed by atoms with Crippen LogP contribution in [0.15, 0.2) is 103 Å². The van der Waals surface area contributed by atoms with Gasteiger partial charge in [0.25, 0.3) is 0 Å². The molecule has 3 heterocycles. The molecule has 6 heteroatoms. The minimum atomic E-state index is -0.663. The van der Waals surface area contributed by atoms with Crippen molar-refractivity contribution in [3.8, 4) is 33.8 Å². The van der Waals surface area contributed by atoms with Gasteiger partial charge in [-0.15, -0.1) is 17.0 Å². The van der Waals surface area contributed by atoms with E-state index in [0.29, 0.717) is 0 Å². The van der Waals surface area contributed by atoms with Crippen LogP contribution < -0.4 is 4.57 Å². The molecule has 5 nitrogen and oxygen atoms in total. The second kappa shape index (κ2) is 13.4. The number of benzene rings is 4. The average Bonchev–Trinajstić information content (AvgIpc) is 3.68. The van der Waals surface area contributed by atoms with Gasteiger partial charge in [-0.3, -0.25) is 4.57 Å². The van der Waals surface area contributed by atoms with Crippen LogP contribution in [-0.4, -0.2) is 19.2 Å². The van der Waals surface area contributed by atoms with Gasteiger partial charge in [-0.1, -0.05) is 159 Å². The zero-order valence-corrected chi connectivity index (χ0v) is 35.1. The molecule has 0 aliphatic carbocycles. The second-order valence-corrected chi connectivity index (χ2v) is 17.7. The molecule has 7 rings (SSSR count). The molecule has 0 aliphatic rings. The number of hydrogen-bond acceptors (Lipinski definition) is 2. The summed E-state index contributed by atoms with van der Waals surface area (Å²) in [5.41, 5.74) is 10.3. The van der Waals surface area contributed by atoms with E-state index in [4.69, 9.17) is 4.98 Å². The summed E-state index contributed by atoms with van der Waals surface area (Å²) >= 11 is 0. The minimum Gasteiger partial charge on any atom is -0.513 e. The van der Waals surface area contributed by atoms with E-state index in [1.54, 1.807) is 0 Å². The molecule has 3 aromatic heterocycles. The fourth-order valence-corrected chi connectivity index (χ4v) is 7.41. The monoisotopic (exact) mass is 882 g/mol. The molecule has 0 spiro atoms. The number of aromatic nitrogens is 4. The van der Waals surface area contributed by atoms with Crippen LogP contribution in [0.4, 0.5) is 0 Å². The van der Waals surface area contributed by atoms with Gasteiger partial charge in [0.1, 0.15) is 11.4 Å². The van der Waals surface area contributed by atoms with Crippen LogP contribution >= 0.6 is 0 Å². The van der Waals surface area contributed by atoms with Crippen LogP contribution in [0, 0.1) is 12.5 Å². The molecule has 0 fully saturated rings. The number of fused-ring (bicyclic) bond motifs is 2. The van der Waals surface area contributed by atoms with Gasteiger partial charge in [0.05, 0.1) is 16.7 Å². The number of aromatic hydroxyl groups is 1. The molecule has 0 radical (unpaired) electrons. The van der Waals surface area contributed by atoms with Crippen LogP contribution in [0.5, 0.6) is 5.75 Å². The van der Waals surface area contributed by atoms with Gasteiger partial charge in [-0.2, -0.15) is 0 Å². The molecular formula is C47H51N4OPt+. The van der Waals surface area contributed by atoms with Gasteiger partial charge in [-0.25, -0.2) is 0 Å². The number of pyridine rings is 1. The van der Waals surface area contributed by atoms with Crippen LogP contribution in [0.2, 0.25) is 0 Å². The Bertz CT molecular complexity index is 2460. The van der Waals surface area contributed by atoms with Crippen LogP contribution in [0.25, 0.3) is 50.0 Å². The van der Waals surface area contributed by atoms with E-state index in [9.17, 15) is 5.11 Å². The number of rotatable bonds is 5. The first-order chi connectivity index (χ1) is 24.4. The minimum absolute atomic E-state index is 0. The first kappa shape index (κ1) is 38.3. The van der Waals surface area contributed by atoms with Crippen molar-refractivity contribution in [2.45, 2.75) is 98.1 Å². The maximum absolute atomic E-state index is 11.9. The maximum Gasteiger partial charge on any atom is 2.00 e. The molecule has 0 saturated heterocycles. The van der Waals surface area contributed by atoms with Gasteiger partial charge < -0.3 is 19.2 Å². The Morgan fingerprint density at radius 2 is 1.28 bits per heavy atom. The summed E-state index contributed by atoms with van der Waals surface area (Å²) in [6, 6.07) is 34.1. The van der Waals surface area contributed by atoms with Gasteiger partial charge in [0.2, 0.25) is 6.33 Å². The van der Waals surface area contributed by atoms with Crippen LogP contribution in [-0.2, 0) is 43.0 Å². The van der Waals surface area contributed by atoms with E-state index in [-0.39, 0.29) is 43.1 Å². The average molecular weight is 883 g/mol. The summed E-state index contributed by atoms with van der Waals surface area (Å²) in [5.74, 6) is 0.279. The van der Waals surface area contributed by atoms with Gasteiger partial charge in [-0.05, 0) is 69.7 Å². The Hall–Kier alpha value is -4.47. The largest absolute Gasteiger partial charge is 2.00 e. The SMILES string of the molecule is CC(C)(C)c1cc(-n2[c-][n+](C(C)(C)n3[c-]c(-c4cc(-c5ccccc5C(C)(C)C)ccn4)c4ccccc43)c3ccccc32)c(O)c(C(C)(C)C)c1.[Pt+2]. The molecule has 0 atom stereocenters. The summed E-state index contributed by atoms with van der Waals surface area (Å²) in [6.45, 7) is 24.3. The smallest absolute Gasteiger partial charge is 0.513 e. The van der Waals surface area contributed by atoms with Crippen molar-refractivity contribution >= 4 is 21.9 Å². The summed E-state index contributed by atoms with van der Waals surface area (Å²) in [7, 11) is 0. The van der Waals surface area contributed by atoms with Crippen molar-refractivity contribution in [1.29, 1.82) is 0 Å². The molecular weight excluding hydrogens is 832 g/mol. The van der Waals surface area contributed by atoms with Crippen molar-refractivity contribution in [2.24, 2.45) is 0 Å². The van der Waals surface area contributed by atoms with Gasteiger partial charge >= 0.3 is 21.1 Å². The van der Waals surface area contributed by atoms with Crippen molar-refractivity contribution in [3.05, 3.63) is 132 Å². The van der Waals surface area contributed by atoms with E-state index in [2.05, 4.69) is 189 Å². The number of phenols is 1. The van der Waals surface area contributed by atoms with E-state index in [1.165, 1.54) is 11.1 Å². The predicted octanol–water partition coefficient (Wildman–Crippen LogP) is 11.0. The van der Waals surface area contributed by atoms with Crippen LogP contribution in [0.1, 0.15) is 92.9 Å². The number of para-hydroxylation sites is 3. The van der Waals surface area contributed by atoms with Crippen molar-refractivity contribution in [1.82, 2.24) is 14.1 Å². The molecule has 1 N–H and O–H groups in total. The molecule has 0 bridgehead atoms. The summed E-state index contributed by atoms with van der Waals surface area (Å²) in [6.07, 6.45) is 9.44. The summed E-state index contributed by atoms with van der Waals surface area (Å²) in [4.78, 5) is 4.91. The second-order valence-electron chi connectivity index (χ2n) is 17.7. The molecule has 0 aliphatic heterocycles. The Labute approximate surface area is 329 Å². The van der Waals surface area contributed by atoms with E-state index in [1.807, 2.05) is 16.8 Å². The number of hydrogen-bond donors (Lipinski definition) is 1.